The van der Waals surface area contributed by atoms with E-state index in [0.717, 1.165) is 0 Å². The van der Waals surface area contributed by atoms with Crippen LogP contribution in [0.5, 0.6) is 0 Å². The van der Waals surface area contributed by atoms with Gasteiger partial charge in [0.25, 0.3) is 0 Å². The van der Waals surface area contributed by atoms with Crippen LogP contribution in [0.15, 0.2) is 30.5 Å². The second kappa shape index (κ2) is 4.13. The van der Waals surface area contributed by atoms with Crippen molar-refractivity contribution in [3.63, 3.8) is 0 Å². The highest BCUT2D eigenvalue weighted by Gasteiger charge is 2.33. The van der Waals surface area contributed by atoms with Gasteiger partial charge in [-0.15, -0.1) is 0 Å². The highest BCUT2D eigenvalue weighted by atomic mass is 35.5. The summed E-state index contributed by atoms with van der Waals surface area (Å²) in [5.41, 5.74) is -0.983. The third-order valence-corrected chi connectivity index (χ3v) is 3.03. The van der Waals surface area contributed by atoms with Crippen LogP contribution in [-0.4, -0.2) is 14.9 Å². The lowest BCUT2D eigenvalue weighted by Crippen LogP contribution is -2.27. The number of benzene rings is 1. The highest BCUT2D eigenvalue weighted by Crippen LogP contribution is 2.34. The van der Waals surface area contributed by atoms with Crippen LogP contribution in [0.4, 0.5) is 4.39 Å². The predicted molar refractivity (Wildman–Crippen MR) is 63.3 cm³/mol. The summed E-state index contributed by atoms with van der Waals surface area (Å²) in [6, 6.07) is 6.06. The van der Waals surface area contributed by atoms with Crippen molar-refractivity contribution in [1.82, 2.24) is 9.78 Å². The molecule has 1 aromatic carbocycles. The first-order chi connectivity index (χ1) is 7.94. The molecule has 1 aromatic heterocycles. The van der Waals surface area contributed by atoms with Crippen LogP contribution in [0.25, 0.3) is 0 Å². The molecule has 0 radical (unpaired) electrons. The number of aliphatic hydroxyl groups is 1. The molecule has 1 unspecified atom stereocenters. The fraction of sp³-hybridized carbons (Fsp3) is 0.250. The maximum Gasteiger partial charge on any atom is 0.133 e. The molecule has 0 aliphatic carbocycles. The van der Waals surface area contributed by atoms with E-state index in [1.54, 1.807) is 19.2 Å². The Balaban J connectivity index is 2.62. The van der Waals surface area contributed by atoms with Crippen molar-refractivity contribution in [2.24, 2.45) is 7.05 Å². The van der Waals surface area contributed by atoms with Gasteiger partial charge < -0.3 is 5.11 Å². The first-order valence-electron chi connectivity index (χ1n) is 5.10. The topological polar surface area (TPSA) is 38.0 Å². The van der Waals surface area contributed by atoms with Gasteiger partial charge in [0.05, 0.1) is 16.9 Å². The van der Waals surface area contributed by atoms with Crippen molar-refractivity contribution in [3.8, 4) is 0 Å². The lowest BCUT2D eigenvalue weighted by atomic mass is 9.92. The third kappa shape index (κ3) is 1.94. The summed E-state index contributed by atoms with van der Waals surface area (Å²) in [5, 5.41) is 14.7. The van der Waals surface area contributed by atoms with E-state index in [9.17, 15) is 9.50 Å². The molecular formula is C12H12ClFN2O. The van der Waals surface area contributed by atoms with Gasteiger partial charge in [0.2, 0.25) is 0 Å². The van der Waals surface area contributed by atoms with Crippen LogP contribution >= 0.6 is 11.6 Å². The molecule has 0 amide bonds. The van der Waals surface area contributed by atoms with E-state index < -0.39 is 11.4 Å². The van der Waals surface area contributed by atoms with Gasteiger partial charge in [-0.05, 0) is 13.0 Å². The molecule has 0 bridgehead atoms. The van der Waals surface area contributed by atoms with Crippen LogP contribution in [-0.2, 0) is 12.6 Å². The third-order valence-electron chi connectivity index (χ3n) is 2.75. The molecule has 0 aliphatic heterocycles. The molecule has 17 heavy (non-hydrogen) atoms. The highest BCUT2D eigenvalue weighted by molar-refractivity contribution is 6.31. The lowest BCUT2D eigenvalue weighted by Gasteiger charge is -2.25. The van der Waals surface area contributed by atoms with Gasteiger partial charge in [0.1, 0.15) is 11.4 Å². The predicted octanol–water partition coefficient (Wildman–Crippen LogP) is 2.47. The van der Waals surface area contributed by atoms with E-state index in [1.165, 1.54) is 29.9 Å². The zero-order valence-corrected chi connectivity index (χ0v) is 10.2. The molecule has 1 heterocycles. The van der Waals surface area contributed by atoms with Gasteiger partial charge in [0.15, 0.2) is 0 Å². The van der Waals surface area contributed by atoms with Crippen LogP contribution in [0.3, 0.4) is 0 Å². The monoisotopic (exact) mass is 254 g/mol. The number of aromatic nitrogens is 2. The maximum absolute atomic E-state index is 13.7. The zero-order valence-electron chi connectivity index (χ0n) is 9.48. The fourth-order valence-corrected chi connectivity index (χ4v) is 2.29. The zero-order chi connectivity index (χ0) is 12.6. The minimum absolute atomic E-state index is 0.172. The molecule has 0 fully saturated rings. The molecule has 3 nitrogen and oxygen atoms in total. The number of rotatable bonds is 2. The summed E-state index contributed by atoms with van der Waals surface area (Å²) in [6.45, 7) is 1.49. The number of halogens is 2. The molecule has 5 heteroatoms. The van der Waals surface area contributed by atoms with Crippen molar-refractivity contribution in [2.45, 2.75) is 12.5 Å². The molecule has 1 atom stereocenters. The molecule has 2 rings (SSSR count). The number of hydrogen-bond donors (Lipinski definition) is 1. The van der Waals surface area contributed by atoms with Gasteiger partial charge in [-0.3, -0.25) is 4.68 Å². The van der Waals surface area contributed by atoms with Crippen molar-refractivity contribution < 1.29 is 9.50 Å². The maximum atomic E-state index is 13.7. The molecule has 90 valence electrons. The van der Waals surface area contributed by atoms with Gasteiger partial charge >= 0.3 is 0 Å². The molecule has 0 spiro atoms. The normalized spacial score (nSPS) is 14.6. The van der Waals surface area contributed by atoms with Gasteiger partial charge in [-0.2, -0.15) is 5.10 Å². The summed E-state index contributed by atoms with van der Waals surface area (Å²) in [6.07, 6.45) is 1.42. The second-order valence-electron chi connectivity index (χ2n) is 4.02. The van der Waals surface area contributed by atoms with E-state index in [2.05, 4.69) is 5.10 Å². The van der Waals surface area contributed by atoms with Gasteiger partial charge in [0, 0.05) is 12.6 Å². The summed E-state index contributed by atoms with van der Waals surface area (Å²) in [7, 11) is 1.65. The number of aryl methyl sites for hydroxylation is 1. The Bertz CT molecular complexity index is 532. The average Bonchev–Trinajstić information content (AvgIpc) is 2.59. The minimum Gasteiger partial charge on any atom is -0.379 e. The van der Waals surface area contributed by atoms with Crippen molar-refractivity contribution in [1.29, 1.82) is 0 Å². The van der Waals surface area contributed by atoms with E-state index >= 15 is 0 Å². The van der Waals surface area contributed by atoms with Crippen LogP contribution in [0.2, 0.25) is 5.02 Å². The number of hydrogen-bond acceptors (Lipinski definition) is 2. The molecule has 1 N–H and O–H groups in total. The standard InChI is InChI=1S/C12H12ClFN2O/c1-12(17,8-5-3-4-6-10(8)14)11-9(13)7-15-16(11)2/h3-7,17H,1-2H3. The fourth-order valence-electron chi connectivity index (χ4n) is 1.94. The van der Waals surface area contributed by atoms with E-state index in [0.29, 0.717) is 10.7 Å². The SMILES string of the molecule is Cn1ncc(Cl)c1C(C)(O)c1ccccc1F. The molecule has 0 saturated heterocycles. The first-order valence-corrected chi connectivity index (χ1v) is 5.47. The summed E-state index contributed by atoms with van der Waals surface area (Å²) < 4.78 is 15.1. The lowest BCUT2D eigenvalue weighted by molar-refractivity contribution is 0.0889. The van der Waals surface area contributed by atoms with E-state index in [-0.39, 0.29) is 5.56 Å². The first kappa shape index (κ1) is 12.1. The van der Waals surface area contributed by atoms with Crippen molar-refractivity contribution >= 4 is 11.6 Å². The Labute approximate surface area is 103 Å². The van der Waals surface area contributed by atoms with Gasteiger partial charge in [-0.1, -0.05) is 29.8 Å². The van der Waals surface area contributed by atoms with Crippen LogP contribution in [0.1, 0.15) is 18.2 Å². The minimum atomic E-state index is -1.52. The Morgan fingerprint density at radius 2 is 2.06 bits per heavy atom. The van der Waals surface area contributed by atoms with Crippen LogP contribution < -0.4 is 0 Å². The summed E-state index contributed by atoms with van der Waals surface area (Å²) >= 11 is 5.97. The molecule has 0 saturated carbocycles. The molecular weight excluding hydrogens is 243 g/mol. The smallest absolute Gasteiger partial charge is 0.133 e. The Morgan fingerprint density at radius 1 is 1.41 bits per heavy atom. The largest absolute Gasteiger partial charge is 0.379 e. The Morgan fingerprint density at radius 3 is 2.59 bits per heavy atom. The second-order valence-corrected chi connectivity index (χ2v) is 4.42. The number of nitrogens with zero attached hydrogens (tertiary/aromatic N) is 2. The Hall–Kier alpha value is -1.39. The average molecular weight is 255 g/mol. The molecule has 0 aliphatic rings. The van der Waals surface area contributed by atoms with E-state index in [1.807, 2.05) is 0 Å². The van der Waals surface area contributed by atoms with Crippen molar-refractivity contribution in [2.75, 3.05) is 0 Å². The van der Waals surface area contributed by atoms with Gasteiger partial charge in [-0.25, -0.2) is 4.39 Å². The van der Waals surface area contributed by atoms with Crippen LogP contribution in [0, 0.1) is 5.82 Å². The summed E-state index contributed by atoms with van der Waals surface area (Å²) in [5.74, 6) is -0.477. The quantitative estimate of drug-likeness (QED) is 0.894. The summed E-state index contributed by atoms with van der Waals surface area (Å²) in [4.78, 5) is 0. The Kier molecular flexibility index (Phi) is 2.93. The van der Waals surface area contributed by atoms with Crippen molar-refractivity contribution in [3.05, 3.63) is 52.6 Å². The molecule has 2 aromatic rings. The van der Waals surface area contributed by atoms with E-state index in [4.69, 9.17) is 11.6 Å².